The molecule has 0 fully saturated rings. The van der Waals surface area contributed by atoms with Gasteiger partial charge in [0, 0.05) is 0 Å². The highest BCUT2D eigenvalue weighted by atomic mass is 19.1. The van der Waals surface area contributed by atoms with Crippen molar-refractivity contribution < 1.29 is 28.2 Å². The van der Waals surface area contributed by atoms with Gasteiger partial charge in [0.25, 0.3) is 11.8 Å². The summed E-state index contributed by atoms with van der Waals surface area (Å²) in [6.45, 7) is 9.74. The molecule has 2 amide bonds. The highest BCUT2D eigenvalue weighted by Crippen LogP contribution is 2.21. The van der Waals surface area contributed by atoms with E-state index in [0.717, 1.165) is 6.20 Å². The Labute approximate surface area is 139 Å². The molecule has 0 aliphatic heterocycles. The molecule has 134 valence electrons. The first-order chi connectivity index (χ1) is 10.8. The topological polar surface area (TPSA) is 90.8 Å². The molecule has 9 heteroatoms. The van der Waals surface area contributed by atoms with Crippen LogP contribution < -0.4 is 9.64 Å². The van der Waals surface area contributed by atoms with Crippen LogP contribution in [0, 0.1) is 5.95 Å². The molecule has 0 N–H and O–H groups in total. The monoisotopic (exact) mass is 343 g/mol. The van der Waals surface area contributed by atoms with E-state index in [1.807, 2.05) is 0 Å². The molecule has 0 bridgehead atoms. The van der Waals surface area contributed by atoms with Gasteiger partial charge in [-0.15, -0.1) is 0 Å². The molecule has 0 saturated carbocycles. The molecule has 1 aromatic heterocycles. The van der Waals surface area contributed by atoms with Crippen LogP contribution in [-0.2, 0) is 9.47 Å². The summed E-state index contributed by atoms with van der Waals surface area (Å²) in [6, 6.07) is 0. The van der Waals surface area contributed by atoms with Gasteiger partial charge in [-0.05, 0) is 41.5 Å². The van der Waals surface area contributed by atoms with Crippen LogP contribution in [0.1, 0.15) is 41.5 Å². The summed E-state index contributed by atoms with van der Waals surface area (Å²) in [5.74, 6) is -1.82. The lowest BCUT2D eigenvalue weighted by Crippen LogP contribution is -2.44. The van der Waals surface area contributed by atoms with Gasteiger partial charge in [-0.1, -0.05) is 0 Å². The number of nitrogens with zero attached hydrogens (tertiary/aromatic N) is 3. The van der Waals surface area contributed by atoms with Crippen LogP contribution in [0.25, 0.3) is 0 Å². The molecule has 24 heavy (non-hydrogen) atoms. The number of anilines is 1. The van der Waals surface area contributed by atoms with E-state index in [2.05, 4.69) is 14.7 Å². The van der Waals surface area contributed by atoms with Crippen LogP contribution >= 0.6 is 0 Å². The molecule has 0 atom stereocenters. The smallest absolute Gasteiger partial charge is 0.425 e. The van der Waals surface area contributed by atoms with Crippen molar-refractivity contribution in [3.8, 4) is 5.88 Å². The number of halogens is 1. The SMILES string of the molecule is COc1ncc(N(C(=O)OC(C)(C)C)C(=O)OC(C)(C)C)nc1F. The fourth-order valence-electron chi connectivity index (χ4n) is 1.47. The summed E-state index contributed by atoms with van der Waals surface area (Å²) in [7, 11) is 1.21. The maximum atomic E-state index is 13.8. The lowest BCUT2D eigenvalue weighted by atomic mass is 10.2. The van der Waals surface area contributed by atoms with Crippen LogP contribution in [0.2, 0.25) is 0 Å². The number of imide groups is 1. The average Bonchev–Trinajstić information content (AvgIpc) is 2.34. The molecule has 0 aliphatic carbocycles. The molecule has 1 rings (SSSR count). The third kappa shape index (κ3) is 5.64. The van der Waals surface area contributed by atoms with Crippen molar-refractivity contribution in [3.05, 3.63) is 12.1 Å². The third-order valence-corrected chi connectivity index (χ3v) is 2.26. The Bertz CT molecular complexity index is 595. The van der Waals surface area contributed by atoms with Gasteiger partial charge in [0.2, 0.25) is 0 Å². The average molecular weight is 343 g/mol. The highest BCUT2D eigenvalue weighted by molar-refractivity contribution is 6.08. The van der Waals surface area contributed by atoms with E-state index in [4.69, 9.17) is 9.47 Å². The van der Waals surface area contributed by atoms with Crippen LogP contribution in [0.3, 0.4) is 0 Å². The first kappa shape index (κ1) is 19.6. The molecule has 8 nitrogen and oxygen atoms in total. The van der Waals surface area contributed by atoms with Crippen molar-refractivity contribution >= 4 is 18.0 Å². The molecule has 1 heterocycles. The molecule has 0 aromatic carbocycles. The lowest BCUT2D eigenvalue weighted by molar-refractivity contribution is 0.0428. The zero-order valence-corrected chi connectivity index (χ0v) is 14.8. The summed E-state index contributed by atoms with van der Waals surface area (Å²) in [5, 5.41) is 0. The Balaban J connectivity index is 3.25. The van der Waals surface area contributed by atoms with Gasteiger partial charge in [-0.3, -0.25) is 0 Å². The fraction of sp³-hybridized carbons (Fsp3) is 0.600. The molecular formula is C15H22FN3O5. The van der Waals surface area contributed by atoms with Crippen molar-refractivity contribution in [2.24, 2.45) is 0 Å². The molecule has 0 spiro atoms. The van der Waals surface area contributed by atoms with Gasteiger partial charge < -0.3 is 14.2 Å². The molecule has 0 radical (unpaired) electrons. The van der Waals surface area contributed by atoms with Gasteiger partial charge in [0.15, 0.2) is 5.82 Å². The third-order valence-electron chi connectivity index (χ3n) is 2.26. The minimum absolute atomic E-state index is 0.368. The minimum Gasteiger partial charge on any atom is -0.478 e. The van der Waals surface area contributed by atoms with Crippen LogP contribution in [0.4, 0.5) is 19.8 Å². The second-order valence-corrected chi connectivity index (χ2v) is 6.82. The Kier molecular flexibility index (Phi) is 5.70. The molecule has 0 saturated heterocycles. The number of hydrogen-bond acceptors (Lipinski definition) is 7. The number of carbonyl (C=O) groups excluding carboxylic acids is 2. The summed E-state index contributed by atoms with van der Waals surface area (Å²) >= 11 is 0. The van der Waals surface area contributed by atoms with Crippen LogP contribution in [0.5, 0.6) is 5.88 Å². The van der Waals surface area contributed by atoms with Gasteiger partial charge in [-0.2, -0.15) is 14.3 Å². The standard InChI is InChI=1S/C15H22FN3O5/c1-14(2,3)23-12(20)19(13(21)24-15(4,5)6)9-8-17-11(22-7)10(16)18-9/h8H,1-7H3. The van der Waals surface area contributed by atoms with Crippen LogP contribution in [0.15, 0.2) is 6.20 Å². The number of carbonyl (C=O) groups is 2. The van der Waals surface area contributed by atoms with Crippen molar-refractivity contribution in [3.63, 3.8) is 0 Å². The summed E-state index contributed by atoms with van der Waals surface area (Å²) in [5.41, 5.74) is -1.76. The summed E-state index contributed by atoms with van der Waals surface area (Å²) in [6.07, 6.45) is -1.11. The number of aromatic nitrogens is 2. The van der Waals surface area contributed by atoms with E-state index in [1.54, 1.807) is 41.5 Å². The Hall–Kier alpha value is -2.45. The number of methoxy groups -OCH3 is 1. The lowest BCUT2D eigenvalue weighted by Gasteiger charge is -2.27. The van der Waals surface area contributed by atoms with E-state index in [1.165, 1.54) is 7.11 Å². The maximum absolute atomic E-state index is 13.8. The molecule has 0 aliphatic rings. The number of rotatable bonds is 2. The predicted molar refractivity (Wildman–Crippen MR) is 83.5 cm³/mol. The first-order valence-corrected chi connectivity index (χ1v) is 7.16. The van der Waals surface area contributed by atoms with Crippen LogP contribution in [-0.4, -0.2) is 40.5 Å². The number of ether oxygens (including phenoxy) is 3. The molecule has 0 unspecified atom stereocenters. The number of hydrogen-bond donors (Lipinski definition) is 0. The van der Waals surface area contributed by atoms with Crippen molar-refractivity contribution in [2.45, 2.75) is 52.7 Å². The van der Waals surface area contributed by atoms with E-state index in [9.17, 15) is 14.0 Å². The van der Waals surface area contributed by atoms with Gasteiger partial charge >= 0.3 is 12.2 Å². The van der Waals surface area contributed by atoms with Gasteiger partial charge in [0.1, 0.15) is 11.2 Å². The second-order valence-electron chi connectivity index (χ2n) is 6.82. The maximum Gasteiger partial charge on any atom is 0.425 e. The molecule has 1 aromatic rings. The van der Waals surface area contributed by atoms with Crippen molar-refractivity contribution in [1.82, 2.24) is 9.97 Å². The first-order valence-electron chi connectivity index (χ1n) is 7.16. The summed E-state index contributed by atoms with van der Waals surface area (Å²) < 4.78 is 28.7. The van der Waals surface area contributed by atoms with Crippen molar-refractivity contribution in [2.75, 3.05) is 12.0 Å². The van der Waals surface area contributed by atoms with E-state index >= 15 is 0 Å². The Morgan fingerprint density at radius 1 is 1.04 bits per heavy atom. The normalized spacial score (nSPS) is 11.7. The van der Waals surface area contributed by atoms with Gasteiger partial charge in [0.05, 0.1) is 13.3 Å². The fourth-order valence-corrected chi connectivity index (χ4v) is 1.47. The second kappa shape index (κ2) is 6.98. The van der Waals surface area contributed by atoms with E-state index in [0.29, 0.717) is 4.90 Å². The predicted octanol–water partition coefficient (Wildman–Crippen LogP) is 3.30. The zero-order valence-electron chi connectivity index (χ0n) is 14.8. The highest BCUT2D eigenvalue weighted by Gasteiger charge is 2.34. The largest absolute Gasteiger partial charge is 0.478 e. The summed E-state index contributed by atoms with van der Waals surface area (Å²) in [4.78, 5) is 32.3. The molecular weight excluding hydrogens is 321 g/mol. The Morgan fingerprint density at radius 2 is 1.50 bits per heavy atom. The van der Waals surface area contributed by atoms with E-state index < -0.39 is 29.3 Å². The van der Waals surface area contributed by atoms with Gasteiger partial charge in [-0.25, -0.2) is 14.6 Å². The quantitative estimate of drug-likeness (QED) is 0.813. The Morgan fingerprint density at radius 3 is 1.83 bits per heavy atom. The van der Waals surface area contributed by atoms with E-state index in [-0.39, 0.29) is 11.7 Å². The van der Waals surface area contributed by atoms with Crippen molar-refractivity contribution in [1.29, 1.82) is 0 Å². The zero-order chi connectivity index (χ0) is 18.7. The minimum atomic E-state index is -1.08. The number of amides is 2.